The van der Waals surface area contributed by atoms with Gasteiger partial charge in [-0.25, -0.2) is 0 Å². The van der Waals surface area contributed by atoms with Crippen molar-refractivity contribution in [3.05, 3.63) is 0 Å². The first kappa shape index (κ1) is 23.8. The van der Waals surface area contributed by atoms with Crippen LogP contribution in [0.3, 0.4) is 0 Å². The number of unbranched alkanes of at least 4 members (excludes halogenated alkanes) is 1. The molecule has 0 heterocycles. The van der Waals surface area contributed by atoms with Crippen LogP contribution < -0.4 is 5.73 Å². The van der Waals surface area contributed by atoms with Gasteiger partial charge in [0.2, 0.25) is 0 Å². The van der Waals surface area contributed by atoms with Gasteiger partial charge in [-0.05, 0) is 12.8 Å². The Kier molecular flexibility index (Phi) is 16.1. The lowest BCUT2D eigenvalue weighted by Gasteiger charge is -2.33. The number of rotatable bonds is 18. The normalized spacial score (nSPS) is 15.4. The molecule has 6 heteroatoms. The highest BCUT2D eigenvalue weighted by atomic mass is 16.6. The summed E-state index contributed by atoms with van der Waals surface area (Å²) in [5, 5.41) is 10.3. The molecule has 146 valence electrons. The summed E-state index contributed by atoms with van der Waals surface area (Å²) in [5.41, 5.74) is 5.43. The molecule has 0 saturated heterocycles. The highest BCUT2D eigenvalue weighted by Crippen LogP contribution is 2.24. The first-order valence-corrected chi connectivity index (χ1v) is 9.29. The van der Waals surface area contributed by atoms with Gasteiger partial charge in [0.05, 0.1) is 52.4 Å². The smallest absolute Gasteiger partial charge is 0.0701 e. The zero-order chi connectivity index (χ0) is 18.1. The summed E-state index contributed by atoms with van der Waals surface area (Å²) in [5.74, 6) is 0. The minimum atomic E-state index is -0.424. The lowest BCUT2D eigenvalue weighted by Crippen LogP contribution is -2.43. The number of aliphatic hydroxyl groups excluding tert-OH is 1. The second kappa shape index (κ2) is 16.2. The van der Waals surface area contributed by atoms with Crippen LogP contribution in [0.4, 0.5) is 0 Å². The maximum absolute atomic E-state index is 10.3. The van der Waals surface area contributed by atoms with Gasteiger partial charge in [-0.15, -0.1) is 0 Å². The van der Waals surface area contributed by atoms with Crippen LogP contribution in [0, 0.1) is 5.41 Å². The van der Waals surface area contributed by atoms with E-state index in [1.807, 2.05) is 6.92 Å². The quantitative estimate of drug-likeness (QED) is 0.368. The number of nitrogens with two attached hydrogens (primary N) is 1. The van der Waals surface area contributed by atoms with Gasteiger partial charge in [0.1, 0.15) is 0 Å². The molecule has 2 atom stereocenters. The number of aliphatic hydroxyl groups is 1. The Bertz CT molecular complexity index is 268. The van der Waals surface area contributed by atoms with Crippen LogP contribution >= 0.6 is 0 Å². The highest BCUT2D eigenvalue weighted by molar-refractivity contribution is 4.83. The second-order valence-corrected chi connectivity index (χ2v) is 6.41. The molecule has 0 aliphatic carbocycles. The largest absolute Gasteiger partial charge is 0.392 e. The summed E-state index contributed by atoms with van der Waals surface area (Å²) in [6.07, 6.45) is 3.44. The molecule has 0 amide bonds. The first-order valence-electron chi connectivity index (χ1n) is 9.29. The average Bonchev–Trinajstić information content (AvgIpc) is 2.60. The molecule has 0 fully saturated rings. The van der Waals surface area contributed by atoms with E-state index < -0.39 is 11.5 Å². The van der Waals surface area contributed by atoms with E-state index in [4.69, 9.17) is 24.7 Å². The fourth-order valence-corrected chi connectivity index (χ4v) is 2.15. The molecule has 0 aromatic carbocycles. The summed E-state index contributed by atoms with van der Waals surface area (Å²) < 4.78 is 21.8. The van der Waals surface area contributed by atoms with Gasteiger partial charge < -0.3 is 29.8 Å². The van der Waals surface area contributed by atoms with Gasteiger partial charge in [0.25, 0.3) is 0 Å². The number of hydrogen-bond donors (Lipinski definition) is 2. The van der Waals surface area contributed by atoms with E-state index in [1.54, 1.807) is 0 Å². The van der Waals surface area contributed by atoms with Crippen molar-refractivity contribution in [1.29, 1.82) is 0 Å². The Labute approximate surface area is 148 Å². The van der Waals surface area contributed by atoms with Crippen molar-refractivity contribution in [3.63, 3.8) is 0 Å². The third-order valence-electron chi connectivity index (χ3n) is 4.00. The summed E-state index contributed by atoms with van der Waals surface area (Å²) in [7, 11) is 0. The zero-order valence-corrected chi connectivity index (χ0v) is 15.9. The molecule has 24 heavy (non-hydrogen) atoms. The monoisotopic (exact) mass is 349 g/mol. The molecule has 3 N–H and O–H groups in total. The summed E-state index contributed by atoms with van der Waals surface area (Å²) >= 11 is 0. The van der Waals surface area contributed by atoms with Crippen LogP contribution in [-0.4, -0.2) is 70.6 Å². The van der Waals surface area contributed by atoms with Crippen LogP contribution in [0.2, 0.25) is 0 Å². The summed E-state index contributed by atoms with van der Waals surface area (Å²) in [6, 6.07) is 0. The van der Waals surface area contributed by atoms with E-state index in [0.29, 0.717) is 52.8 Å². The van der Waals surface area contributed by atoms with Gasteiger partial charge in [0, 0.05) is 18.6 Å². The van der Waals surface area contributed by atoms with Crippen LogP contribution in [0.5, 0.6) is 0 Å². The van der Waals surface area contributed by atoms with Crippen molar-refractivity contribution in [2.45, 2.75) is 52.6 Å². The lowest BCUT2D eigenvalue weighted by atomic mass is 9.82. The minimum absolute atomic E-state index is 0.392. The maximum Gasteiger partial charge on any atom is 0.0701 e. The van der Waals surface area contributed by atoms with Gasteiger partial charge >= 0.3 is 0 Å². The summed E-state index contributed by atoms with van der Waals surface area (Å²) in [6.45, 7) is 11.2. The Morgan fingerprint density at radius 1 is 0.833 bits per heavy atom. The molecule has 6 nitrogen and oxygen atoms in total. The Hall–Kier alpha value is -0.240. The predicted molar refractivity (Wildman–Crippen MR) is 96.3 cm³/mol. The van der Waals surface area contributed by atoms with Crippen molar-refractivity contribution in [3.8, 4) is 0 Å². The number of ether oxygens (including phenoxy) is 4. The van der Waals surface area contributed by atoms with Crippen molar-refractivity contribution < 1.29 is 24.1 Å². The van der Waals surface area contributed by atoms with Crippen LogP contribution in [0.1, 0.15) is 46.5 Å². The number of hydrogen-bond acceptors (Lipinski definition) is 6. The van der Waals surface area contributed by atoms with E-state index in [0.717, 1.165) is 32.3 Å². The van der Waals surface area contributed by atoms with Crippen LogP contribution in [0.25, 0.3) is 0 Å². The van der Waals surface area contributed by atoms with E-state index in [-0.39, 0.29) is 0 Å². The van der Waals surface area contributed by atoms with Crippen molar-refractivity contribution >= 4 is 0 Å². The van der Waals surface area contributed by atoms with E-state index in [1.165, 1.54) is 0 Å². The van der Waals surface area contributed by atoms with Crippen molar-refractivity contribution in [2.24, 2.45) is 11.1 Å². The molecule has 0 aliphatic heterocycles. The molecule has 0 bridgehead atoms. The Morgan fingerprint density at radius 3 is 1.79 bits per heavy atom. The first-order chi connectivity index (χ1) is 11.6. The molecule has 0 spiro atoms. The van der Waals surface area contributed by atoms with Gasteiger partial charge in [0.15, 0.2) is 0 Å². The van der Waals surface area contributed by atoms with Gasteiger partial charge in [-0.1, -0.05) is 33.6 Å². The lowest BCUT2D eigenvalue weighted by molar-refractivity contribution is -0.0506. The van der Waals surface area contributed by atoms with Gasteiger partial charge in [-0.3, -0.25) is 0 Å². The minimum Gasteiger partial charge on any atom is -0.392 e. The molecule has 0 rings (SSSR count). The van der Waals surface area contributed by atoms with E-state index >= 15 is 0 Å². The average molecular weight is 350 g/mol. The van der Waals surface area contributed by atoms with E-state index in [9.17, 15) is 5.11 Å². The SMILES string of the molecule is CCCC[C@@H](O)[C@@](C)(CN)COCCOCCOCCOCCC. The Balaban J connectivity index is 3.53. The Morgan fingerprint density at radius 2 is 1.33 bits per heavy atom. The molecule has 0 radical (unpaired) electrons. The molecule has 0 aromatic heterocycles. The highest BCUT2D eigenvalue weighted by Gasteiger charge is 2.31. The van der Waals surface area contributed by atoms with Crippen LogP contribution in [-0.2, 0) is 18.9 Å². The molecular weight excluding hydrogens is 310 g/mol. The van der Waals surface area contributed by atoms with Crippen molar-refractivity contribution in [1.82, 2.24) is 0 Å². The molecule has 0 aliphatic rings. The van der Waals surface area contributed by atoms with Gasteiger partial charge in [-0.2, -0.15) is 0 Å². The van der Waals surface area contributed by atoms with Crippen LogP contribution in [0.15, 0.2) is 0 Å². The van der Waals surface area contributed by atoms with E-state index in [2.05, 4.69) is 13.8 Å². The predicted octanol–water partition coefficient (Wildman–Crippen LogP) is 1.98. The third-order valence-corrected chi connectivity index (χ3v) is 4.00. The molecule has 0 unspecified atom stereocenters. The summed E-state index contributed by atoms with van der Waals surface area (Å²) in [4.78, 5) is 0. The fraction of sp³-hybridized carbons (Fsp3) is 1.00. The third kappa shape index (κ3) is 12.2. The molecule has 0 aromatic rings. The standard InChI is InChI=1S/C18H39NO5/c1-4-6-7-17(20)18(3,15-19)16-24-14-13-23-12-11-22-10-9-21-8-5-2/h17,20H,4-16,19H2,1-3H3/t17-,18+/m1/s1. The van der Waals surface area contributed by atoms with Crippen molar-refractivity contribution in [2.75, 3.05) is 59.4 Å². The molecular formula is C18H39NO5. The zero-order valence-electron chi connectivity index (χ0n) is 15.9. The molecule has 0 saturated carbocycles. The second-order valence-electron chi connectivity index (χ2n) is 6.41. The topological polar surface area (TPSA) is 83.2 Å². The maximum atomic E-state index is 10.3. The fourth-order valence-electron chi connectivity index (χ4n) is 2.15.